The molecule has 10 rings (SSSR count). The first-order chi connectivity index (χ1) is 23.2. The van der Waals surface area contributed by atoms with Crippen molar-refractivity contribution in [2.24, 2.45) is 0 Å². The van der Waals surface area contributed by atoms with Crippen LogP contribution in [0.2, 0.25) is 0 Å². The van der Waals surface area contributed by atoms with Gasteiger partial charge in [-0.3, -0.25) is 0 Å². The fourth-order valence-electron chi connectivity index (χ4n) is 8.11. The van der Waals surface area contributed by atoms with Crippen molar-refractivity contribution >= 4 is 74.6 Å². The van der Waals surface area contributed by atoms with Crippen LogP contribution in [0.5, 0.6) is 0 Å². The third kappa shape index (κ3) is 6.07. The number of hydrogen-bond acceptors (Lipinski definition) is 0. The molecule has 0 aliphatic heterocycles. The number of aryl methyl sites for hydroxylation is 2. The van der Waals surface area contributed by atoms with Crippen LogP contribution in [0.25, 0.3) is 53.2 Å². The SMILES string of the molecule is [Cl][Zr+2][Cl].c1ccc2[cH-]c(-p3c4c(c5ccccc53)CCCC4)cc2c1.c1ccc2[cH-]c(-p3c4c(c5ccccc53)CCCC4)cc2c1. The Balaban J connectivity index is 0.000000128. The molecule has 47 heavy (non-hydrogen) atoms. The summed E-state index contributed by atoms with van der Waals surface area (Å²) in [7, 11) is 9.31. The molecule has 6 aromatic carbocycles. The smallest absolute Gasteiger partial charge is 0.00467 e. The largest absolute Gasteiger partial charge is 0.157 e. The Morgan fingerprint density at radius 3 is 1.32 bits per heavy atom. The Labute approximate surface area is 298 Å². The molecule has 0 amide bonds. The van der Waals surface area contributed by atoms with Crippen LogP contribution in [0, 0.1) is 0 Å². The van der Waals surface area contributed by atoms with Gasteiger partial charge in [-0.05, 0) is 83.9 Å². The summed E-state index contributed by atoms with van der Waals surface area (Å²) in [4.78, 5) is 0. The van der Waals surface area contributed by atoms with E-state index in [4.69, 9.17) is 17.0 Å². The molecule has 0 saturated heterocycles. The third-order valence-electron chi connectivity index (χ3n) is 10.1. The number of hydrogen-bond donors (Lipinski definition) is 0. The molecule has 0 fully saturated rings. The zero-order valence-corrected chi connectivity index (χ0v) is 32.1. The fourth-order valence-corrected chi connectivity index (χ4v) is 14.1. The molecule has 5 heteroatoms. The monoisotopic (exact) mass is 762 g/mol. The van der Waals surface area contributed by atoms with Gasteiger partial charge in [0.2, 0.25) is 0 Å². The molecular weight excluding hydrogens is 729 g/mol. The van der Waals surface area contributed by atoms with Crippen LogP contribution >= 0.6 is 32.1 Å². The standard InChI is InChI=1S/2C21H18P.2ClH.Zr/c2*1-2-8-16-14-17(13-15(16)7-1)22-20-11-5-3-9-18(20)19-10-4-6-12-21(19)22;;;/h2*1-3,5,7-9,11,13-14H,4,6,10,12H2;2*1H;/q2*-1;;;+4/p-2. The van der Waals surface area contributed by atoms with Crippen LogP contribution in [0.3, 0.4) is 0 Å². The van der Waals surface area contributed by atoms with Crippen molar-refractivity contribution in [3.8, 4) is 10.6 Å². The molecule has 0 bridgehead atoms. The van der Waals surface area contributed by atoms with Gasteiger partial charge in [0.15, 0.2) is 0 Å². The normalized spacial score (nSPS) is 14.6. The summed E-state index contributed by atoms with van der Waals surface area (Å²) in [6.45, 7) is 0. The van der Waals surface area contributed by atoms with E-state index in [-0.39, 0.29) is 15.1 Å². The molecule has 0 nitrogen and oxygen atoms in total. The van der Waals surface area contributed by atoms with Crippen molar-refractivity contribution in [2.45, 2.75) is 51.4 Å². The minimum absolute atomic E-state index is 0.281. The molecule has 2 aromatic heterocycles. The van der Waals surface area contributed by atoms with Crippen molar-refractivity contribution in [2.75, 3.05) is 0 Å². The molecule has 2 atom stereocenters. The van der Waals surface area contributed by atoms with Crippen molar-refractivity contribution in [1.82, 2.24) is 0 Å². The maximum absolute atomic E-state index is 4.93. The molecule has 2 unspecified atom stereocenters. The molecule has 232 valence electrons. The van der Waals surface area contributed by atoms with E-state index in [0.717, 1.165) is 0 Å². The van der Waals surface area contributed by atoms with Gasteiger partial charge < -0.3 is 0 Å². The minimum Gasteiger partial charge on any atom is -0.157 e. The van der Waals surface area contributed by atoms with Crippen LogP contribution < -0.4 is 0 Å². The van der Waals surface area contributed by atoms with Gasteiger partial charge >= 0.3 is 37.9 Å². The summed E-state index contributed by atoms with van der Waals surface area (Å²) >= 11 is -0.826. The zero-order valence-electron chi connectivity index (χ0n) is 26.4. The van der Waals surface area contributed by atoms with Gasteiger partial charge in [0.1, 0.15) is 0 Å². The van der Waals surface area contributed by atoms with Crippen LogP contribution in [0.4, 0.5) is 0 Å². The van der Waals surface area contributed by atoms with Gasteiger partial charge in [-0.2, -0.15) is 12.1 Å². The fraction of sp³-hybridized carbons (Fsp3) is 0.190. The Kier molecular flexibility index (Phi) is 9.66. The van der Waals surface area contributed by atoms with E-state index in [1.165, 1.54) is 72.9 Å². The van der Waals surface area contributed by atoms with Gasteiger partial charge in [0.25, 0.3) is 0 Å². The van der Waals surface area contributed by atoms with Gasteiger partial charge in [0.05, 0.1) is 0 Å². The average Bonchev–Trinajstić information content (AvgIpc) is 3.89. The number of halogens is 2. The molecule has 8 aromatic rings. The van der Waals surface area contributed by atoms with Gasteiger partial charge in [-0.15, -0.1) is 85.1 Å². The quantitative estimate of drug-likeness (QED) is 0.154. The predicted octanol–water partition coefficient (Wildman–Crippen LogP) is 14.5. The number of benzene rings is 4. The van der Waals surface area contributed by atoms with Crippen LogP contribution in [0.1, 0.15) is 47.4 Å². The van der Waals surface area contributed by atoms with E-state index in [9.17, 15) is 0 Å². The maximum Gasteiger partial charge on any atom is 0.00467 e. The molecule has 0 N–H and O–H groups in total. The maximum atomic E-state index is 4.93. The van der Waals surface area contributed by atoms with Crippen molar-refractivity contribution < 1.29 is 20.8 Å². The average molecular weight is 765 g/mol. The van der Waals surface area contributed by atoms with E-state index in [1.807, 2.05) is 0 Å². The van der Waals surface area contributed by atoms with Gasteiger partial charge in [-0.1, -0.05) is 71.3 Å². The second-order valence-corrected chi connectivity index (χ2v) is 20.9. The molecule has 2 heterocycles. The molecule has 0 saturated carbocycles. The molecule has 0 spiro atoms. The minimum atomic E-state index is -0.826. The van der Waals surface area contributed by atoms with Crippen LogP contribution in [-0.2, 0) is 46.5 Å². The predicted molar refractivity (Wildman–Crippen MR) is 207 cm³/mol. The number of fused-ring (bicyclic) bond motifs is 8. The Morgan fingerprint density at radius 2 is 0.872 bits per heavy atom. The Hall–Kier alpha value is -2.36. The third-order valence-corrected chi connectivity index (χ3v) is 15.4. The first kappa shape index (κ1) is 31.9. The Morgan fingerprint density at radius 1 is 0.489 bits per heavy atom. The van der Waals surface area contributed by atoms with Crippen molar-refractivity contribution in [3.63, 3.8) is 0 Å². The molecular formula is C42H36Cl2P2Zr. The summed E-state index contributed by atoms with van der Waals surface area (Å²) in [5.74, 6) is 0. The zero-order chi connectivity index (χ0) is 31.7. The summed E-state index contributed by atoms with van der Waals surface area (Å²) in [5, 5.41) is 18.5. The van der Waals surface area contributed by atoms with Gasteiger partial charge in [0, 0.05) is 10.2 Å². The number of rotatable bonds is 2. The molecule has 2 aliphatic carbocycles. The summed E-state index contributed by atoms with van der Waals surface area (Å²) in [5.41, 5.74) is 3.36. The van der Waals surface area contributed by atoms with Crippen LogP contribution in [0.15, 0.2) is 121 Å². The second-order valence-electron chi connectivity index (χ2n) is 12.7. The van der Waals surface area contributed by atoms with E-state index in [1.54, 1.807) is 53.3 Å². The van der Waals surface area contributed by atoms with Gasteiger partial charge in [-0.25, -0.2) is 0 Å². The van der Waals surface area contributed by atoms with Crippen molar-refractivity contribution in [1.29, 1.82) is 0 Å². The van der Waals surface area contributed by atoms with E-state index in [0.29, 0.717) is 0 Å². The summed E-state index contributed by atoms with van der Waals surface area (Å²) < 4.78 is 0. The molecule has 2 aliphatic rings. The summed E-state index contributed by atoms with van der Waals surface area (Å²) in [6, 6.07) is 45.6. The first-order valence-electron chi connectivity index (χ1n) is 16.8. The van der Waals surface area contributed by atoms with E-state index < -0.39 is 20.8 Å². The van der Waals surface area contributed by atoms with E-state index >= 15 is 0 Å². The topological polar surface area (TPSA) is 0 Å². The van der Waals surface area contributed by atoms with Crippen molar-refractivity contribution in [3.05, 3.63) is 143 Å². The first-order valence-corrected chi connectivity index (χ1v) is 25.8. The molecule has 0 radical (unpaired) electrons. The van der Waals surface area contributed by atoms with E-state index in [2.05, 4.69) is 121 Å². The second kappa shape index (κ2) is 14.2. The Bertz CT molecular complexity index is 2100. The van der Waals surface area contributed by atoms with Crippen LogP contribution in [-0.4, -0.2) is 0 Å². The summed E-state index contributed by atoms with van der Waals surface area (Å²) in [6.07, 6.45) is 10.6.